The Morgan fingerprint density at radius 1 is 1.26 bits per heavy atom. The first-order chi connectivity index (χ1) is 8.94. The number of rotatable bonds is 7. The Kier molecular flexibility index (Phi) is 7.48. The van der Waals surface area contributed by atoms with Crippen LogP contribution in [0.1, 0.15) is 45.6 Å². The van der Waals surface area contributed by atoms with Gasteiger partial charge in [0.25, 0.3) is 0 Å². The summed E-state index contributed by atoms with van der Waals surface area (Å²) in [5, 5.41) is 3.64. The third-order valence-electron chi connectivity index (χ3n) is 3.04. The zero-order chi connectivity index (χ0) is 14.3. The van der Waals surface area contributed by atoms with Crippen LogP contribution in [0, 0.1) is 0 Å². The highest BCUT2D eigenvalue weighted by Crippen LogP contribution is 2.28. The van der Waals surface area contributed by atoms with Crippen molar-refractivity contribution in [2.45, 2.75) is 45.6 Å². The van der Waals surface area contributed by atoms with Gasteiger partial charge in [-0.1, -0.05) is 41.1 Å². The molecule has 1 rings (SSSR count). The van der Waals surface area contributed by atoms with Crippen LogP contribution in [0.5, 0.6) is 0 Å². The Balaban J connectivity index is 2.71. The van der Waals surface area contributed by atoms with E-state index < -0.39 is 0 Å². The lowest BCUT2D eigenvalue weighted by atomic mass is 9.95. The molecule has 0 saturated carbocycles. The van der Waals surface area contributed by atoms with Crippen molar-refractivity contribution in [3.8, 4) is 0 Å². The average Bonchev–Trinajstić information content (AvgIpc) is 2.33. The molecule has 0 aromatic heterocycles. The van der Waals surface area contributed by atoms with Crippen molar-refractivity contribution in [2.75, 3.05) is 18.1 Å². The van der Waals surface area contributed by atoms with Crippen molar-refractivity contribution >= 4 is 27.7 Å². The molecule has 0 radical (unpaired) electrons. The second-order valence-electron chi connectivity index (χ2n) is 5.83. The summed E-state index contributed by atoms with van der Waals surface area (Å²) in [4.78, 5) is 0. The van der Waals surface area contributed by atoms with Gasteiger partial charge in [0, 0.05) is 16.6 Å². The maximum absolute atomic E-state index is 3.69. The lowest BCUT2D eigenvalue weighted by Crippen LogP contribution is -2.38. The van der Waals surface area contributed by atoms with Crippen LogP contribution < -0.4 is 5.32 Å². The maximum atomic E-state index is 3.69. The summed E-state index contributed by atoms with van der Waals surface area (Å²) in [6, 6.07) is 8.61. The first kappa shape index (κ1) is 17.1. The summed E-state index contributed by atoms with van der Waals surface area (Å²) >= 11 is 5.72. The fraction of sp³-hybridized carbons (Fsp3) is 0.625. The molecule has 0 saturated heterocycles. The molecule has 0 bridgehead atoms. The molecular weight excluding hydrogens is 318 g/mol. The van der Waals surface area contributed by atoms with Gasteiger partial charge in [-0.3, -0.25) is 0 Å². The first-order valence-corrected chi connectivity index (χ1v) is 8.96. The van der Waals surface area contributed by atoms with Gasteiger partial charge in [-0.2, -0.15) is 11.8 Å². The lowest BCUT2D eigenvalue weighted by molar-refractivity contribution is 0.403. The summed E-state index contributed by atoms with van der Waals surface area (Å²) in [6.45, 7) is 9.95. The summed E-state index contributed by atoms with van der Waals surface area (Å²) in [5.41, 5.74) is 1.60. The van der Waals surface area contributed by atoms with Crippen molar-refractivity contribution in [2.24, 2.45) is 0 Å². The van der Waals surface area contributed by atoms with E-state index >= 15 is 0 Å². The Bertz CT molecular complexity index is 373. The second kappa shape index (κ2) is 8.33. The molecular formula is C16H26BrNS. The van der Waals surface area contributed by atoms with E-state index in [1.54, 1.807) is 0 Å². The molecule has 3 heteroatoms. The smallest absolute Gasteiger partial charge is 0.0210 e. The molecule has 1 aromatic carbocycles. The van der Waals surface area contributed by atoms with E-state index in [9.17, 15) is 0 Å². The van der Waals surface area contributed by atoms with Gasteiger partial charge in [-0.25, -0.2) is 0 Å². The monoisotopic (exact) mass is 343 g/mol. The zero-order valence-corrected chi connectivity index (χ0v) is 14.9. The molecule has 1 unspecified atom stereocenters. The molecule has 0 aliphatic heterocycles. The van der Waals surface area contributed by atoms with Crippen molar-refractivity contribution < 1.29 is 0 Å². The van der Waals surface area contributed by atoms with E-state index in [2.05, 4.69) is 73.2 Å². The van der Waals surface area contributed by atoms with Crippen molar-refractivity contribution in [1.82, 2.24) is 5.32 Å². The van der Waals surface area contributed by atoms with Crippen LogP contribution in [0.4, 0.5) is 0 Å². The fourth-order valence-electron chi connectivity index (χ4n) is 1.97. The minimum absolute atomic E-state index is 0.178. The van der Waals surface area contributed by atoms with Gasteiger partial charge in [0.15, 0.2) is 0 Å². The van der Waals surface area contributed by atoms with Gasteiger partial charge < -0.3 is 5.32 Å². The summed E-state index contributed by atoms with van der Waals surface area (Å²) < 4.78 is 1.23. The predicted octanol–water partition coefficient (Wildman–Crippen LogP) is 5.06. The average molecular weight is 344 g/mol. The Morgan fingerprint density at radius 2 is 1.95 bits per heavy atom. The zero-order valence-electron chi connectivity index (χ0n) is 12.5. The Labute approximate surface area is 131 Å². The topological polar surface area (TPSA) is 12.0 Å². The standard InChI is InChI=1S/C16H26BrNS/c1-5-19-11-10-13(12-18-16(2,3)4)14-8-6-7-9-15(14)17/h6-9,13,18H,5,10-12H2,1-4H3. The van der Waals surface area contributed by atoms with Gasteiger partial charge >= 0.3 is 0 Å². The van der Waals surface area contributed by atoms with Gasteiger partial charge in [0.1, 0.15) is 0 Å². The van der Waals surface area contributed by atoms with Crippen LogP contribution in [0.2, 0.25) is 0 Å². The first-order valence-electron chi connectivity index (χ1n) is 7.01. The minimum atomic E-state index is 0.178. The second-order valence-corrected chi connectivity index (χ2v) is 8.08. The lowest BCUT2D eigenvalue weighted by Gasteiger charge is -2.26. The van der Waals surface area contributed by atoms with E-state index in [0.717, 1.165) is 6.54 Å². The summed E-state index contributed by atoms with van der Waals surface area (Å²) in [5.74, 6) is 3.01. The molecule has 0 heterocycles. The van der Waals surface area contributed by atoms with Crippen LogP contribution in [0.25, 0.3) is 0 Å². The normalized spacial score (nSPS) is 13.5. The molecule has 0 aliphatic carbocycles. The van der Waals surface area contributed by atoms with Gasteiger partial charge in [-0.05, 0) is 56.2 Å². The fourth-order valence-corrected chi connectivity index (χ4v) is 3.32. The van der Waals surface area contributed by atoms with Crippen LogP contribution in [0.15, 0.2) is 28.7 Å². The van der Waals surface area contributed by atoms with Crippen molar-refractivity contribution in [1.29, 1.82) is 0 Å². The quantitative estimate of drug-likeness (QED) is 0.694. The Hall–Kier alpha value is 0.01000. The number of benzene rings is 1. The molecule has 1 atom stereocenters. The molecule has 0 spiro atoms. The van der Waals surface area contributed by atoms with Crippen LogP contribution in [-0.2, 0) is 0 Å². The van der Waals surface area contributed by atoms with Crippen molar-refractivity contribution in [3.05, 3.63) is 34.3 Å². The van der Waals surface area contributed by atoms with E-state index in [4.69, 9.17) is 0 Å². The third-order valence-corrected chi connectivity index (χ3v) is 4.69. The number of hydrogen-bond donors (Lipinski definition) is 1. The summed E-state index contributed by atoms with van der Waals surface area (Å²) in [6.07, 6.45) is 1.23. The van der Waals surface area contributed by atoms with E-state index in [1.165, 1.54) is 28.0 Å². The number of nitrogens with one attached hydrogen (secondary N) is 1. The third kappa shape index (κ3) is 6.82. The molecule has 1 aromatic rings. The highest BCUT2D eigenvalue weighted by molar-refractivity contribution is 9.10. The van der Waals surface area contributed by atoms with E-state index in [-0.39, 0.29) is 5.54 Å². The maximum Gasteiger partial charge on any atom is 0.0210 e. The molecule has 19 heavy (non-hydrogen) atoms. The predicted molar refractivity (Wildman–Crippen MR) is 92.3 cm³/mol. The van der Waals surface area contributed by atoms with Crippen LogP contribution >= 0.6 is 27.7 Å². The molecule has 1 nitrogen and oxygen atoms in total. The SMILES string of the molecule is CCSCCC(CNC(C)(C)C)c1ccccc1Br. The van der Waals surface area contributed by atoms with Gasteiger partial charge in [0.05, 0.1) is 0 Å². The number of halogens is 1. The largest absolute Gasteiger partial charge is 0.311 e. The molecule has 0 amide bonds. The molecule has 1 N–H and O–H groups in total. The minimum Gasteiger partial charge on any atom is -0.311 e. The van der Waals surface area contributed by atoms with E-state index in [0.29, 0.717) is 5.92 Å². The highest BCUT2D eigenvalue weighted by atomic mass is 79.9. The molecule has 108 valence electrons. The highest BCUT2D eigenvalue weighted by Gasteiger charge is 2.17. The van der Waals surface area contributed by atoms with Gasteiger partial charge in [-0.15, -0.1) is 0 Å². The Morgan fingerprint density at radius 3 is 2.53 bits per heavy atom. The van der Waals surface area contributed by atoms with Crippen LogP contribution in [-0.4, -0.2) is 23.6 Å². The molecule has 0 aliphatic rings. The molecule has 0 fully saturated rings. The number of hydrogen-bond acceptors (Lipinski definition) is 2. The number of thioether (sulfide) groups is 1. The van der Waals surface area contributed by atoms with Crippen LogP contribution in [0.3, 0.4) is 0 Å². The summed E-state index contributed by atoms with van der Waals surface area (Å²) in [7, 11) is 0. The van der Waals surface area contributed by atoms with Gasteiger partial charge in [0.2, 0.25) is 0 Å². The van der Waals surface area contributed by atoms with E-state index in [1.807, 2.05) is 11.8 Å². The van der Waals surface area contributed by atoms with Crippen molar-refractivity contribution in [3.63, 3.8) is 0 Å².